The number of anilines is 3. The van der Waals surface area contributed by atoms with Gasteiger partial charge in [-0.3, -0.25) is 35.9 Å². The summed E-state index contributed by atoms with van der Waals surface area (Å²) in [7, 11) is 0. The van der Waals surface area contributed by atoms with E-state index in [9.17, 15) is 25.0 Å². The van der Waals surface area contributed by atoms with Crippen LogP contribution in [0.5, 0.6) is 0 Å². The zero-order valence-corrected chi connectivity index (χ0v) is 17.9. The highest BCUT2D eigenvalue weighted by atomic mass is 16.6. The fourth-order valence-corrected chi connectivity index (χ4v) is 3.17. The molecular weight excluding hydrogens is 430 g/mol. The summed E-state index contributed by atoms with van der Waals surface area (Å²) in [5, 5.41) is 22.6. The summed E-state index contributed by atoms with van der Waals surface area (Å²) >= 11 is 0. The van der Waals surface area contributed by atoms with Gasteiger partial charge < -0.3 is 4.90 Å². The summed E-state index contributed by atoms with van der Waals surface area (Å²) in [6.45, 7) is 4.17. The normalized spacial score (nSPS) is 10.4. The van der Waals surface area contributed by atoms with Crippen molar-refractivity contribution in [1.82, 2.24) is 15.4 Å². The van der Waals surface area contributed by atoms with Gasteiger partial charge in [-0.1, -0.05) is 24.3 Å². The minimum atomic E-state index is -0.612. The van der Waals surface area contributed by atoms with Gasteiger partial charge in [-0.2, -0.15) is 0 Å². The fourth-order valence-electron chi connectivity index (χ4n) is 3.17. The van der Waals surface area contributed by atoms with Crippen LogP contribution in [0.4, 0.5) is 28.7 Å². The number of nitro groups is 2. The number of nitrogens with zero attached hydrogens (tertiary/aromatic N) is 5. The SMILES string of the molecule is CCN(c1cccc(C)c1)c1ncnc(NNC(=O)Cc2ccc([N+](=O)[O-])cc2)c1[N+](=O)[O-]. The van der Waals surface area contributed by atoms with Crippen LogP contribution < -0.4 is 15.8 Å². The number of hydrogen-bond donors (Lipinski definition) is 2. The van der Waals surface area contributed by atoms with E-state index < -0.39 is 21.4 Å². The highest BCUT2D eigenvalue weighted by Gasteiger charge is 2.27. The third-order valence-electron chi connectivity index (χ3n) is 4.70. The molecule has 1 amide bonds. The molecule has 3 aromatic rings. The first-order valence-corrected chi connectivity index (χ1v) is 9.92. The Bertz CT molecular complexity index is 1180. The van der Waals surface area contributed by atoms with E-state index in [0.717, 1.165) is 11.3 Å². The molecule has 0 atom stereocenters. The average Bonchev–Trinajstić information content (AvgIpc) is 2.78. The molecule has 0 aliphatic carbocycles. The van der Waals surface area contributed by atoms with Crippen molar-refractivity contribution >= 4 is 34.6 Å². The molecule has 2 N–H and O–H groups in total. The molecule has 1 aromatic heterocycles. The molecule has 0 fully saturated rings. The Morgan fingerprint density at radius 1 is 1.06 bits per heavy atom. The lowest BCUT2D eigenvalue weighted by Gasteiger charge is -2.22. The van der Waals surface area contributed by atoms with E-state index in [2.05, 4.69) is 20.8 Å². The predicted molar refractivity (Wildman–Crippen MR) is 121 cm³/mol. The van der Waals surface area contributed by atoms with Crippen LogP contribution in [0.1, 0.15) is 18.1 Å². The predicted octanol–water partition coefficient (Wildman–Crippen LogP) is 3.45. The van der Waals surface area contributed by atoms with E-state index in [1.54, 1.807) is 4.90 Å². The monoisotopic (exact) mass is 451 g/mol. The number of nitro benzene ring substituents is 1. The van der Waals surface area contributed by atoms with Crippen LogP contribution in [0.3, 0.4) is 0 Å². The summed E-state index contributed by atoms with van der Waals surface area (Å²) in [5.74, 6) is -0.604. The standard InChI is InChI=1S/C21H21N7O5/c1-3-26(17-6-4-5-14(2)11-17)21-19(28(32)33)20(22-13-23-21)25-24-18(29)12-15-7-9-16(10-8-15)27(30)31/h4-11,13H,3,12H2,1-2H3,(H,24,29)(H,22,23,25). The Balaban J connectivity index is 1.80. The molecule has 0 saturated heterocycles. The number of carbonyl (C=O) groups is 1. The van der Waals surface area contributed by atoms with Crippen LogP contribution in [0.15, 0.2) is 54.9 Å². The first-order chi connectivity index (χ1) is 15.8. The van der Waals surface area contributed by atoms with Crippen LogP contribution in [0, 0.1) is 27.2 Å². The van der Waals surface area contributed by atoms with Crippen LogP contribution >= 0.6 is 0 Å². The molecule has 0 radical (unpaired) electrons. The first-order valence-electron chi connectivity index (χ1n) is 9.92. The smallest absolute Gasteiger partial charge is 0.321 e. The van der Waals surface area contributed by atoms with Crippen molar-refractivity contribution in [2.24, 2.45) is 0 Å². The largest absolute Gasteiger partial charge is 0.355 e. The molecule has 0 unspecified atom stereocenters. The van der Waals surface area contributed by atoms with Crippen molar-refractivity contribution in [2.45, 2.75) is 20.3 Å². The van der Waals surface area contributed by atoms with Crippen LogP contribution in [0.25, 0.3) is 0 Å². The second-order valence-corrected chi connectivity index (χ2v) is 7.01. The van der Waals surface area contributed by atoms with Crippen molar-refractivity contribution in [2.75, 3.05) is 16.9 Å². The first kappa shape index (κ1) is 23.1. The molecule has 0 aliphatic rings. The second-order valence-electron chi connectivity index (χ2n) is 7.01. The molecule has 0 spiro atoms. The quantitative estimate of drug-likeness (QED) is 0.367. The molecule has 170 valence electrons. The second kappa shape index (κ2) is 10.1. The molecule has 0 bridgehead atoms. The molecule has 33 heavy (non-hydrogen) atoms. The van der Waals surface area contributed by atoms with E-state index >= 15 is 0 Å². The van der Waals surface area contributed by atoms with Crippen molar-refractivity contribution in [3.05, 3.63) is 86.2 Å². The van der Waals surface area contributed by atoms with Crippen molar-refractivity contribution in [3.63, 3.8) is 0 Å². The third kappa shape index (κ3) is 5.55. The van der Waals surface area contributed by atoms with Crippen molar-refractivity contribution < 1.29 is 14.6 Å². The topological polar surface area (TPSA) is 156 Å². The molecule has 12 nitrogen and oxygen atoms in total. The van der Waals surface area contributed by atoms with Gasteiger partial charge in [0.1, 0.15) is 6.33 Å². The number of hydrazine groups is 1. The maximum absolute atomic E-state index is 12.3. The van der Waals surface area contributed by atoms with E-state index in [4.69, 9.17) is 0 Å². The molecule has 1 heterocycles. The lowest BCUT2D eigenvalue weighted by Crippen LogP contribution is -2.32. The zero-order chi connectivity index (χ0) is 24.0. The average molecular weight is 451 g/mol. The minimum absolute atomic E-state index is 0.0789. The number of hydrogen-bond acceptors (Lipinski definition) is 9. The lowest BCUT2D eigenvalue weighted by atomic mass is 10.1. The third-order valence-corrected chi connectivity index (χ3v) is 4.70. The molecule has 0 saturated carbocycles. The van der Waals surface area contributed by atoms with E-state index in [1.165, 1.54) is 30.6 Å². The number of non-ortho nitro benzene ring substituents is 1. The number of nitrogens with one attached hydrogen (secondary N) is 2. The summed E-state index contributed by atoms with van der Waals surface area (Å²) in [6.07, 6.45) is 1.08. The van der Waals surface area contributed by atoms with Crippen LogP contribution in [-0.4, -0.2) is 32.3 Å². The summed E-state index contributed by atoms with van der Waals surface area (Å²) in [6, 6.07) is 13.0. The van der Waals surface area contributed by atoms with E-state index in [1.807, 2.05) is 38.1 Å². The number of aryl methyl sites for hydroxylation is 1. The highest BCUT2D eigenvalue weighted by Crippen LogP contribution is 2.35. The number of rotatable bonds is 9. The number of benzene rings is 2. The zero-order valence-electron chi connectivity index (χ0n) is 17.9. The number of amides is 1. The Morgan fingerprint density at radius 2 is 1.79 bits per heavy atom. The van der Waals surface area contributed by atoms with Crippen molar-refractivity contribution in [3.8, 4) is 0 Å². The maximum Gasteiger partial charge on any atom is 0.355 e. The number of aromatic nitrogens is 2. The Morgan fingerprint density at radius 3 is 2.39 bits per heavy atom. The van der Waals surface area contributed by atoms with E-state index in [0.29, 0.717) is 12.1 Å². The summed E-state index contributed by atoms with van der Waals surface area (Å²) in [4.78, 5) is 43.5. The van der Waals surface area contributed by atoms with Gasteiger partial charge in [-0.25, -0.2) is 9.97 Å². The molecule has 3 rings (SSSR count). The molecule has 0 aliphatic heterocycles. The maximum atomic E-state index is 12.3. The Kier molecular flexibility index (Phi) is 7.08. The highest BCUT2D eigenvalue weighted by molar-refractivity contribution is 5.81. The fraction of sp³-hybridized carbons (Fsp3) is 0.190. The van der Waals surface area contributed by atoms with Gasteiger partial charge in [0.25, 0.3) is 5.69 Å². The van der Waals surface area contributed by atoms with Gasteiger partial charge in [-0.05, 0) is 37.1 Å². The van der Waals surface area contributed by atoms with Crippen LogP contribution in [0.2, 0.25) is 0 Å². The van der Waals surface area contributed by atoms with Gasteiger partial charge in [0.2, 0.25) is 17.5 Å². The Labute approximate surface area is 188 Å². The lowest BCUT2D eigenvalue weighted by molar-refractivity contribution is -0.384. The van der Waals surface area contributed by atoms with Gasteiger partial charge in [-0.15, -0.1) is 0 Å². The minimum Gasteiger partial charge on any atom is -0.321 e. The van der Waals surface area contributed by atoms with Gasteiger partial charge in [0, 0.05) is 24.4 Å². The Hall–Kier alpha value is -4.61. The van der Waals surface area contributed by atoms with Crippen molar-refractivity contribution in [1.29, 1.82) is 0 Å². The molecule has 2 aromatic carbocycles. The van der Waals surface area contributed by atoms with Gasteiger partial charge in [0.05, 0.1) is 16.3 Å². The van der Waals surface area contributed by atoms with Gasteiger partial charge >= 0.3 is 5.69 Å². The number of carbonyl (C=O) groups excluding carboxylic acids is 1. The summed E-state index contributed by atoms with van der Waals surface area (Å²) < 4.78 is 0. The van der Waals surface area contributed by atoms with Crippen LogP contribution in [-0.2, 0) is 11.2 Å². The van der Waals surface area contributed by atoms with Gasteiger partial charge in [0.15, 0.2) is 0 Å². The van der Waals surface area contributed by atoms with E-state index in [-0.39, 0.29) is 23.7 Å². The molecular formula is C21H21N7O5. The summed E-state index contributed by atoms with van der Waals surface area (Å²) in [5.41, 5.74) is 6.65. The molecule has 12 heteroatoms.